The number of aromatic nitrogens is 2. The van der Waals surface area contributed by atoms with E-state index in [1.54, 1.807) is 29.6 Å². The van der Waals surface area contributed by atoms with Gasteiger partial charge in [-0.1, -0.05) is 0 Å². The van der Waals surface area contributed by atoms with Crippen molar-refractivity contribution in [2.24, 2.45) is 13.0 Å². The number of hydrogen-bond donors (Lipinski definition) is 0. The Balaban J connectivity index is 2.07. The summed E-state index contributed by atoms with van der Waals surface area (Å²) in [5.74, 6) is -0.477. The maximum Gasteiger partial charge on any atom is 0.310 e. The molecule has 0 saturated carbocycles. The maximum absolute atomic E-state index is 12.5. The Morgan fingerprint density at radius 3 is 2.85 bits per heavy atom. The average molecular weight is 279 g/mol. The van der Waals surface area contributed by atoms with Crippen LogP contribution in [0.5, 0.6) is 0 Å². The standard InChI is InChI=1S/C14H21N3O3/c1-4-20-14(19)11-6-5-7-17(9-11)13(18)12-8-10(2)15-16(12)3/h8,11H,4-7,9H2,1-3H3. The topological polar surface area (TPSA) is 64.4 Å². The molecule has 0 aromatic carbocycles. The largest absolute Gasteiger partial charge is 0.466 e. The third kappa shape index (κ3) is 3.00. The SMILES string of the molecule is CCOC(=O)C1CCCN(C(=O)c2cc(C)nn2C)C1. The van der Waals surface area contributed by atoms with Crippen molar-refractivity contribution in [3.63, 3.8) is 0 Å². The number of ether oxygens (including phenoxy) is 1. The molecule has 2 heterocycles. The Kier molecular flexibility index (Phi) is 4.42. The molecule has 1 amide bonds. The summed E-state index contributed by atoms with van der Waals surface area (Å²) >= 11 is 0. The molecule has 20 heavy (non-hydrogen) atoms. The van der Waals surface area contributed by atoms with E-state index in [1.807, 2.05) is 6.92 Å². The van der Waals surface area contributed by atoms with Crippen LogP contribution in [-0.4, -0.2) is 46.3 Å². The van der Waals surface area contributed by atoms with Crippen LogP contribution in [0.25, 0.3) is 0 Å². The Morgan fingerprint density at radius 2 is 2.25 bits per heavy atom. The molecule has 6 heteroatoms. The molecule has 1 aliphatic heterocycles. The van der Waals surface area contributed by atoms with E-state index in [4.69, 9.17) is 4.74 Å². The van der Waals surface area contributed by atoms with E-state index in [2.05, 4.69) is 5.10 Å². The summed E-state index contributed by atoms with van der Waals surface area (Å²) in [6.07, 6.45) is 1.61. The Hall–Kier alpha value is -1.85. The van der Waals surface area contributed by atoms with Crippen LogP contribution in [0, 0.1) is 12.8 Å². The number of aryl methyl sites for hydroxylation is 2. The number of likely N-dealkylation sites (tertiary alicyclic amines) is 1. The summed E-state index contributed by atoms with van der Waals surface area (Å²) in [7, 11) is 1.76. The summed E-state index contributed by atoms with van der Waals surface area (Å²) in [6, 6.07) is 1.77. The van der Waals surface area contributed by atoms with E-state index in [0.29, 0.717) is 25.4 Å². The lowest BCUT2D eigenvalue weighted by atomic mass is 9.98. The van der Waals surface area contributed by atoms with Crippen LogP contribution >= 0.6 is 0 Å². The lowest BCUT2D eigenvalue weighted by Gasteiger charge is -2.31. The highest BCUT2D eigenvalue weighted by atomic mass is 16.5. The van der Waals surface area contributed by atoms with Crippen LogP contribution in [0.2, 0.25) is 0 Å². The molecule has 2 rings (SSSR count). The number of nitrogens with zero attached hydrogens (tertiary/aromatic N) is 3. The van der Waals surface area contributed by atoms with E-state index in [0.717, 1.165) is 18.5 Å². The Morgan fingerprint density at radius 1 is 1.50 bits per heavy atom. The van der Waals surface area contributed by atoms with Crippen molar-refractivity contribution in [3.05, 3.63) is 17.5 Å². The van der Waals surface area contributed by atoms with Gasteiger partial charge in [-0.05, 0) is 32.8 Å². The van der Waals surface area contributed by atoms with E-state index in [9.17, 15) is 9.59 Å². The quantitative estimate of drug-likeness (QED) is 0.778. The second-order valence-corrected chi connectivity index (χ2v) is 5.14. The van der Waals surface area contributed by atoms with E-state index in [1.165, 1.54) is 0 Å². The molecule has 1 fully saturated rings. The minimum atomic E-state index is -0.207. The summed E-state index contributed by atoms with van der Waals surface area (Å²) in [5.41, 5.74) is 1.38. The summed E-state index contributed by atoms with van der Waals surface area (Å²) in [6.45, 7) is 5.14. The van der Waals surface area contributed by atoms with Gasteiger partial charge in [0.25, 0.3) is 5.91 Å². The summed E-state index contributed by atoms with van der Waals surface area (Å²) < 4.78 is 6.64. The zero-order chi connectivity index (χ0) is 14.7. The number of hydrogen-bond acceptors (Lipinski definition) is 4. The predicted octanol–water partition coefficient (Wildman–Crippen LogP) is 1.14. The highest BCUT2D eigenvalue weighted by Gasteiger charge is 2.30. The number of rotatable bonds is 3. The van der Waals surface area contributed by atoms with Crippen molar-refractivity contribution in [1.82, 2.24) is 14.7 Å². The first-order valence-corrected chi connectivity index (χ1v) is 6.99. The van der Waals surface area contributed by atoms with Gasteiger partial charge in [-0.15, -0.1) is 0 Å². The molecule has 0 aliphatic carbocycles. The van der Waals surface area contributed by atoms with Crippen molar-refractivity contribution in [1.29, 1.82) is 0 Å². The molecule has 1 aromatic rings. The van der Waals surface area contributed by atoms with Crippen LogP contribution in [-0.2, 0) is 16.6 Å². The lowest BCUT2D eigenvalue weighted by molar-refractivity contribution is -0.149. The van der Waals surface area contributed by atoms with Gasteiger partial charge >= 0.3 is 5.97 Å². The number of carbonyl (C=O) groups is 2. The van der Waals surface area contributed by atoms with Crippen LogP contribution in [0.4, 0.5) is 0 Å². The van der Waals surface area contributed by atoms with Gasteiger partial charge < -0.3 is 9.64 Å². The Labute approximate surface area is 118 Å². The fourth-order valence-corrected chi connectivity index (χ4v) is 2.59. The first kappa shape index (κ1) is 14.6. The van der Waals surface area contributed by atoms with Crippen molar-refractivity contribution < 1.29 is 14.3 Å². The molecule has 1 unspecified atom stereocenters. The van der Waals surface area contributed by atoms with Crippen molar-refractivity contribution in [2.75, 3.05) is 19.7 Å². The molecular weight excluding hydrogens is 258 g/mol. The third-order valence-corrected chi connectivity index (χ3v) is 3.55. The molecule has 1 aliphatic rings. The summed E-state index contributed by atoms with van der Waals surface area (Å²) in [4.78, 5) is 26.0. The second-order valence-electron chi connectivity index (χ2n) is 5.14. The van der Waals surface area contributed by atoms with E-state index < -0.39 is 0 Å². The van der Waals surface area contributed by atoms with Crippen molar-refractivity contribution in [3.8, 4) is 0 Å². The van der Waals surface area contributed by atoms with Gasteiger partial charge in [0, 0.05) is 20.1 Å². The van der Waals surface area contributed by atoms with Crippen molar-refractivity contribution >= 4 is 11.9 Å². The van der Waals surface area contributed by atoms with Gasteiger partial charge in [0.1, 0.15) is 5.69 Å². The van der Waals surface area contributed by atoms with Gasteiger partial charge in [-0.25, -0.2) is 0 Å². The number of esters is 1. The zero-order valence-electron chi connectivity index (χ0n) is 12.3. The van der Waals surface area contributed by atoms with E-state index in [-0.39, 0.29) is 17.8 Å². The minimum Gasteiger partial charge on any atom is -0.466 e. The van der Waals surface area contributed by atoms with Crippen LogP contribution in [0.3, 0.4) is 0 Å². The molecule has 0 spiro atoms. The molecular formula is C14H21N3O3. The number of carbonyl (C=O) groups excluding carboxylic acids is 2. The normalized spacial score (nSPS) is 18.9. The molecule has 0 bridgehead atoms. The Bertz CT molecular complexity index is 510. The highest BCUT2D eigenvalue weighted by Crippen LogP contribution is 2.20. The summed E-state index contributed by atoms with van der Waals surface area (Å²) in [5, 5.41) is 4.19. The van der Waals surface area contributed by atoms with Crippen molar-refractivity contribution in [2.45, 2.75) is 26.7 Å². The molecule has 1 saturated heterocycles. The molecule has 6 nitrogen and oxygen atoms in total. The molecule has 1 aromatic heterocycles. The molecule has 0 N–H and O–H groups in total. The fourth-order valence-electron chi connectivity index (χ4n) is 2.59. The first-order chi connectivity index (χ1) is 9.52. The number of piperidine rings is 1. The van der Waals surface area contributed by atoms with E-state index >= 15 is 0 Å². The predicted molar refractivity (Wildman–Crippen MR) is 73.2 cm³/mol. The highest BCUT2D eigenvalue weighted by molar-refractivity contribution is 5.93. The first-order valence-electron chi connectivity index (χ1n) is 6.99. The second kappa shape index (κ2) is 6.07. The van der Waals surface area contributed by atoms with Gasteiger partial charge in [0.05, 0.1) is 18.2 Å². The molecule has 1 atom stereocenters. The van der Waals surface area contributed by atoms with Gasteiger partial charge in [0.15, 0.2) is 0 Å². The van der Waals surface area contributed by atoms with Gasteiger partial charge in [-0.3, -0.25) is 14.3 Å². The fraction of sp³-hybridized carbons (Fsp3) is 0.643. The minimum absolute atomic E-state index is 0.0675. The smallest absolute Gasteiger partial charge is 0.310 e. The monoisotopic (exact) mass is 279 g/mol. The maximum atomic E-state index is 12.5. The van der Waals surface area contributed by atoms with Gasteiger partial charge in [0.2, 0.25) is 0 Å². The van der Waals surface area contributed by atoms with Gasteiger partial charge in [-0.2, -0.15) is 5.10 Å². The number of amides is 1. The third-order valence-electron chi connectivity index (χ3n) is 3.55. The van der Waals surface area contributed by atoms with Crippen LogP contribution in [0.15, 0.2) is 6.07 Å². The average Bonchev–Trinajstić information content (AvgIpc) is 2.77. The van der Waals surface area contributed by atoms with Crippen LogP contribution in [0.1, 0.15) is 35.9 Å². The lowest BCUT2D eigenvalue weighted by Crippen LogP contribution is -2.43. The molecule has 0 radical (unpaired) electrons. The van der Waals surface area contributed by atoms with Crippen LogP contribution < -0.4 is 0 Å². The zero-order valence-corrected chi connectivity index (χ0v) is 12.3. The molecule has 110 valence electrons.